The third-order valence-corrected chi connectivity index (χ3v) is 5.62. The molecule has 0 atom stereocenters. The highest BCUT2D eigenvalue weighted by Crippen LogP contribution is 2.28. The van der Waals surface area contributed by atoms with E-state index in [1.807, 2.05) is 0 Å². The molecule has 32 heavy (non-hydrogen) atoms. The first-order chi connectivity index (χ1) is 15.6. The number of hydrogen-bond donors (Lipinski definition) is 1. The molecule has 0 aliphatic carbocycles. The van der Waals surface area contributed by atoms with E-state index in [2.05, 4.69) is 108 Å². The number of nitrogens with zero attached hydrogens (tertiary/aromatic N) is 2. The minimum atomic E-state index is -1.75. The summed E-state index contributed by atoms with van der Waals surface area (Å²) in [7, 11) is 0. The van der Waals surface area contributed by atoms with Crippen molar-refractivity contribution in [3.8, 4) is 0 Å². The number of quaternary nitrogens is 1. The number of benzene rings is 3. The van der Waals surface area contributed by atoms with Crippen LogP contribution in [0, 0.1) is 15.3 Å². The van der Waals surface area contributed by atoms with Gasteiger partial charge in [0.25, 0.3) is 0 Å². The molecular weight excluding hydrogens is 402 g/mol. The van der Waals surface area contributed by atoms with Gasteiger partial charge >= 0.3 is 0 Å². The van der Waals surface area contributed by atoms with E-state index in [4.69, 9.17) is 15.3 Å². The fourth-order valence-electron chi connectivity index (χ4n) is 4.11. The van der Waals surface area contributed by atoms with Gasteiger partial charge in [0.15, 0.2) is 0 Å². The van der Waals surface area contributed by atoms with E-state index in [0.717, 1.165) is 19.6 Å². The summed E-state index contributed by atoms with van der Waals surface area (Å²) in [5.74, 6) is 0. The van der Waals surface area contributed by atoms with Gasteiger partial charge in [0, 0.05) is 13.1 Å². The smallest absolute Gasteiger partial charge is 0.0962 e. The molecule has 1 fully saturated rings. The molecule has 0 aromatic heterocycles. The van der Waals surface area contributed by atoms with E-state index in [-0.39, 0.29) is 0 Å². The standard InChI is InChI=1S/C26H28N2.NO3/c1-4-11-23(12-5-1)13-10-18-27-19-21-28(22-20-27)26(24-14-6-2-7-15-24)25-16-8-3-9-17-25;2-1(3)4/h1-17,26H,18-22H2;/q;-1/p+1/b13-10+;. The van der Waals surface area contributed by atoms with Gasteiger partial charge in [-0.2, -0.15) is 0 Å². The molecule has 1 aliphatic rings. The zero-order chi connectivity index (χ0) is 22.6. The first-order valence-corrected chi connectivity index (χ1v) is 10.8. The highest BCUT2D eigenvalue weighted by Gasteiger charge is 2.27. The highest BCUT2D eigenvalue weighted by molar-refractivity contribution is 5.48. The van der Waals surface area contributed by atoms with Crippen LogP contribution in [0.5, 0.6) is 0 Å². The molecule has 0 spiro atoms. The van der Waals surface area contributed by atoms with Crippen molar-refractivity contribution in [1.82, 2.24) is 4.90 Å². The van der Waals surface area contributed by atoms with Crippen molar-refractivity contribution in [2.24, 2.45) is 0 Å². The number of hydrogen-bond acceptors (Lipinski definition) is 4. The lowest BCUT2D eigenvalue weighted by atomic mass is 9.96. The second-order valence-corrected chi connectivity index (χ2v) is 7.75. The molecule has 0 bridgehead atoms. The Hall–Kier alpha value is -3.48. The van der Waals surface area contributed by atoms with E-state index in [1.54, 1.807) is 4.90 Å². The molecule has 1 N–H and O–H groups in total. The summed E-state index contributed by atoms with van der Waals surface area (Å²) in [6.07, 6.45) is 4.57. The minimum Gasteiger partial charge on any atom is -0.356 e. The Morgan fingerprint density at radius 2 is 1.25 bits per heavy atom. The summed E-state index contributed by atoms with van der Waals surface area (Å²) in [6.45, 7) is 5.74. The Labute approximate surface area is 189 Å². The van der Waals surface area contributed by atoms with Crippen molar-refractivity contribution in [2.45, 2.75) is 6.04 Å². The van der Waals surface area contributed by atoms with Crippen LogP contribution in [0.2, 0.25) is 0 Å². The van der Waals surface area contributed by atoms with Crippen LogP contribution in [0.1, 0.15) is 22.7 Å². The van der Waals surface area contributed by atoms with Crippen molar-refractivity contribution in [2.75, 3.05) is 32.7 Å². The molecule has 1 saturated heterocycles. The van der Waals surface area contributed by atoms with Crippen LogP contribution in [-0.4, -0.2) is 42.7 Å². The fourth-order valence-corrected chi connectivity index (χ4v) is 4.11. The summed E-state index contributed by atoms with van der Waals surface area (Å²) >= 11 is 0. The zero-order valence-corrected chi connectivity index (χ0v) is 18.0. The monoisotopic (exact) mass is 431 g/mol. The molecule has 3 aromatic carbocycles. The summed E-state index contributed by atoms with van der Waals surface area (Å²) in [6, 6.07) is 32.8. The molecule has 166 valence electrons. The molecule has 3 aromatic rings. The van der Waals surface area contributed by atoms with Crippen LogP contribution >= 0.6 is 0 Å². The highest BCUT2D eigenvalue weighted by atomic mass is 16.9. The Bertz CT molecular complexity index is 914. The summed E-state index contributed by atoms with van der Waals surface area (Å²) in [5.41, 5.74) is 4.07. The fraction of sp³-hybridized carbons (Fsp3) is 0.231. The SMILES string of the molecule is C(=C\c1ccccc1)/C[NH+]1CCN(C(c2ccccc2)c2ccccc2)CC1.O=[N+]([O-])[O-]. The minimum absolute atomic E-state index is 0.351. The maximum atomic E-state index is 8.25. The average molecular weight is 432 g/mol. The maximum absolute atomic E-state index is 8.25. The normalized spacial score (nSPS) is 14.8. The van der Waals surface area contributed by atoms with Gasteiger partial charge in [0.05, 0.1) is 30.8 Å². The van der Waals surface area contributed by atoms with Crippen molar-refractivity contribution in [1.29, 1.82) is 0 Å². The molecule has 1 aliphatic heterocycles. The van der Waals surface area contributed by atoms with Gasteiger partial charge in [-0.3, -0.25) is 4.90 Å². The third-order valence-electron chi connectivity index (χ3n) is 5.62. The molecule has 6 heteroatoms. The molecule has 1 heterocycles. The van der Waals surface area contributed by atoms with E-state index >= 15 is 0 Å². The third kappa shape index (κ3) is 7.34. The molecular formula is C26H29N3O3. The summed E-state index contributed by atoms with van der Waals surface area (Å²) in [5, 5.41) is 14.8. The lowest BCUT2D eigenvalue weighted by Gasteiger charge is -2.37. The molecule has 0 amide bonds. The van der Waals surface area contributed by atoms with E-state index in [9.17, 15) is 0 Å². The van der Waals surface area contributed by atoms with Gasteiger partial charge in [-0.15, -0.1) is 0 Å². The van der Waals surface area contributed by atoms with Crippen molar-refractivity contribution >= 4 is 6.08 Å². The Morgan fingerprint density at radius 3 is 1.72 bits per heavy atom. The van der Waals surface area contributed by atoms with Gasteiger partial charge in [-0.05, 0) is 22.8 Å². The lowest BCUT2D eigenvalue weighted by Crippen LogP contribution is -3.14. The second kappa shape index (κ2) is 12.4. The van der Waals surface area contributed by atoms with Crippen molar-refractivity contribution in [3.05, 3.63) is 129 Å². The van der Waals surface area contributed by atoms with E-state index in [0.29, 0.717) is 6.04 Å². The topological polar surface area (TPSA) is 73.9 Å². The van der Waals surface area contributed by atoms with Crippen LogP contribution in [-0.2, 0) is 0 Å². The second-order valence-electron chi connectivity index (χ2n) is 7.75. The quantitative estimate of drug-likeness (QED) is 0.479. The lowest BCUT2D eigenvalue weighted by molar-refractivity contribution is -0.898. The van der Waals surface area contributed by atoms with Crippen LogP contribution in [0.25, 0.3) is 6.08 Å². The summed E-state index contributed by atoms with van der Waals surface area (Å²) in [4.78, 5) is 12.6. The number of piperazine rings is 1. The van der Waals surface area contributed by atoms with Crippen molar-refractivity contribution < 1.29 is 9.99 Å². The van der Waals surface area contributed by atoms with Gasteiger partial charge in [-0.25, -0.2) is 0 Å². The van der Waals surface area contributed by atoms with E-state index < -0.39 is 5.09 Å². The van der Waals surface area contributed by atoms with Crippen LogP contribution in [0.3, 0.4) is 0 Å². The zero-order valence-electron chi connectivity index (χ0n) is 18.0. The first kappa shape index (κ1) is 23.2. The van der Waals surface area contributed by atoms with Crippen LogP contribution in [0.4, 0.5) is 0 Å². The Balaban J connectivity index is 0.000000668. The van der Waals surface area contributed by atoms with Gasteiger partial charge in [0.2, 0.25) is 0 Å². The molecule has 0 saturated carbocycles. The Morgan fingerprint density at radius 1 is 0.812 bits per heavy atom. The molecule has 6 nitrogen and oxygen atoms in total. The molecule has 0 unspecified atom stereocenters. The largest absolute Gasteiger partial charge is 0.356 e. The molecule has 0 radical (unpaired) electrons. The van der Waals surface area contributed by atoms with Gasteiger partial charge < -0.3 is 20.2 Å². The average Bonchev–Trinajstić information content (AvgIpc) is 2.82. The summed E-state index contributed by atoms with van der Waals surface area (Å²) < 4.78 is 0. The van der Waals surface area contributed by atoms with Crippen LogP contribution < -0.4 is 4.90 Å². The molecule has 4 rings (SSSR count). The van der Waals surface area contributed by atoms with Crippen LogP contribution in [0.15, 0.2) is 97.1 Å². The maximum Gasteiger partial charge on any atom is 0.0962 e. The Kier molecular flexibility index (Phi) is 8.98. The van der Waals surface area contributed by atoms with E-state index in [1.165, 1.54) is 29.8 Å². The predicted octanol–water partition coefficient (Wildman–Crippen LogP) is 3.45. The number of nitrogens with one attached hydrogen (secondary N) is 1. The van der Waals surface area contributed by atoms with Gasteiger partial charge in [0.1, 0.15) is 0 Å². The predicted molar refractivity (Wildman–Crippen MR) is 128 cm³/mol. The van der Waals surface area contributed by atoms with Gasteiger partial charge in [-0.1, -0.05) is 97.1 Å². The number of rotatable bonds is 6. The first-order valence-electron chi connectivity index (χ1n) is 10.8. The van der Waals surface area contributed by atoms with Crippen molar-refractivity contribution in [3.63, 3.8) is 0 Å².